The fourth-order valence-electron chi connectivity index (χ4n) is 3.41. The maximum atomic E-state index is 12.3. The van der Waals surface area contributed by atoms with E-state index in [-0.39, 0.29) is 11.8 Å². The number of hydrogen-bond acceptors (Lipinski definition) is 7. The predicted octanol–water partition coefficient (Wildman–Crippen LogP) is 3.67. The van der Waals surface area contributed by atoms with Crippen molar-refractivity contribution >= 4 is 40.0 Å². The normalized spacial score (nSPS) is 17.6. The van der Waals surface area contributed by atoms with E-state index in [2.05, 4.69) is 15.5 Å². The Morgan fingerprint density at radius 2 is 1.77 bits per heavy atom. The van der Waals surface area contributed by atoms with Gasteiger partial charge in [0.2, 0.25) is 5.13 Å². The van der Waals surface area contributed by atoms with Gasteiger partial charge in [0.05, 0.1) is 11.1 Å². The minimum atomic E-state index is -0.205. The second-order valence-corrected chi connectivity index (χ2v) is 8.83. The number of hydrogen-bond donors (Lipinski definition) is 1. The van der Waals surface area contributed by atoms with Gasteiger partial charge in [-0.25, -0.2) is 0 Å². The number of imide groups is 1. The molecule has 1 aliphatic carbocycles. The first-order valence-electron chi connectivity index (χ1n) is 8.90. The van der Waals surface area contributed by atoms with E-state index in [1.165, 1.54) is 60.1 Å². The number of benzene rings is 1. The van der Waals surface area contributed by atoms with E-state index in [1.54, 1.807) is 24.3 Å². The number of nitrogens with one attached hydrogen (secondary N) is 1. The molecule has 136 valence electrons. The lowest BCUT2D eigenvalue weighted by molar-refractivity contribution is 0.0664. The third-order valence-electron chi connectivity index (χ3n) is 4.76. The second-order valence-electron chi connectivity index (χ2n) is 6.51. The lowest BCUT2D eigenvalue weighted by Gasteiger charge is -2.21. The van der Waals surface area contributed by atoms with Crippen LogP contribution < -0.4 is 5.32 Å². The molecule has 4 rings (SSSR count). The molecule has 1 aromatic heterocycles. The van der Waals surface area contributed by atoms with Crippen molar-refractivity contribution in [3.05, 3.63) is 35.4 Å². The molecule has 1 saturated carbocycles. The van der Waals surface area contributed by atoms with Crippen LogP contribution in [0.2, 0.25) is 0 Å². The quantitative estimate of drug-likeness (QED) is 0.601. The van der Waals surface area contributed by atoms with Crippen molar-refractivity contribution in [1.82, 2.24) is 15.1 Å². The van der Waals surface area contributed by atoms with E-state index in [0.29, 0.717) is 29.5 Å². The molecule has 0 atom stereocenters. The number of thioether (sulfide) groups is 1. The summed E-state index contributed by atoms with van der Waals surface area (Å²) in [5.41, 5.74) is 0.995. The SMILES string of the molecule is O=C1c2ccccc2C(=O)N1CCSc1nnc(NC2CCCCC2)s1. The Labute approximate surface area is 160 Å². The summed E-state index contributed by atoms with van der Waals surface area (Å²) in [7, 11) is 0. The van der Waals surface area contributed by atoms with Gasteiger partial charge in [-0.05, 0) is 25.0 Å². The number of aromatic nitrogens is 2. The molecule has 1 aromatic carbocycles. The van der Waals surface area contributed by atoms with Crippen LogP contribution in [0, 0.1) is 0 Å². The lowest BCUT2D eigenvalue weighted by Crippen LogP contribution is -2.31. The predicted molar refractivity (Wildman–Crippen MR) is 103 cm³/mol. The van der Waals surface area contributed by atoms with Gasteiger partial charge in [0.15, 0.2) is 4.34 Å². The van der Waals surface area contributed by atoms with E-state index in [9.17, 15) is 9.59 Å². The molecule has 1 N–H and O–H groups in total. The summed E-state index contributed by atoms with van der Waals surface area (Å²) in [6.45, 7) is 0.377. The fourth-order valence-corrected chi connectivity index (χ4v) is 5.24. The molecule has 2 heterocycles. The molecule has 1 fully saturated rings. The van der Waals surface area contributed by atoms with Crippen molar-refractivity contribution in [2.24, 2.45) is 0 Å². The maximum absolute atomic E-state index is 12.3. The highest BCUT2D eigenvalue weighted by Gasteiger charge is 2.34. The van der Waals surface area contributed by atoms with Gasteiger partial charge >= 0.3 is 0 Å². The molecular weight excluding hydrogens is 368 g/mol. The summed E-state index contributed by atoms with van der Waals surface area (Å²) in [5.74, 6) is 0.204. The first-order chi connectivity index (χ1) is 12.7. The monoisotopic (exact) mass is 388 g/mol. The first-order valence-corrected chi connectivity index (χ1v) is 10.7. The van der Waals surface area contributed by atoms with Gasteiger partial charge in [-0.3, -0.25) is 14.5 Å². The molecule has 0 radical (unpaired) electrons. The van der Waals surface area contributed by atoms with Crippen LogP contribution in [0.5, 0.6) is 0 Å². The first kappa shape index (κ1) is 17.5. The number of carbonyl (C=O) groups is 2. The van der Waals surface area contributed by atoms with Crippen molar-refractivity contribution in [1.29, 1.82) is 0 Å². The Hall–Kier alpha value is -1.93. The van der Waals surface area contributed by atoms with Crippen molar-refractivity contribution in [2.75, 3.05) is 17.6 Å². The smallest absolute Gasteiger partial charge is 0.261 e. The van der Waals surface area contributed by atoms with Crippen molar-refractivity contribution < 1.29 is 9.59 Å². The summed E-state index contributed by atoms with van der Waals surface area (Å²) in [4.78, 5) is 26.0. The van der Waals surface area contributed by atoms with Crippen molar-refractivity contribution in [3.63, 3.8) is 0 Å². The van der Waals surface area contributed by atoms with Crippen LogP contribution in [0.4, 0.5) is 5.13 Å². The average molecular weight is 389 g/mol. The third-order valence-corrected chi connectivity index (χ3v) is 6.73. The summed E-state index contributed by atoms with van der Waals surface area (Å²) >= 11 is 3.07. The Bertz CT molecular complexity index is 782. The van der Waals surface area contributed by atoms with Crippen molar-refractivity contribution in [2.45, 2.75) is 42.5 Å². The highest BCUT2D eigenvalue weighted by molar-refractivity contribution is 8.01. The Morgan fingerprint density at radius 1 is 1.08 bits per heavy atom. The zero-order valence-electron chi connectivity index (χ0n) is 14.3. The molecule has 2 aliphatic rings. The second kappa shape index (κ2) is 7.75. The van der Waals surface area contributed by atoms with E-state index < -0.39 is 0 Å². The number of rotatable bonds is 6. The highest BCUT2D eigenvalue weighted by Crippen LogP contribution is 2.29. The topological polar surface area (TPSA) is 75.2 Å². The van der Waals surface area contributed by atoms with E-state index >= 15 is 0 Å². The zero-order valence-corrected chi connectivity index (χ0v) is 15.9. The minimum Gasteiger partial charge on any atom is -0.357 e. The standard InChI is InChI=1S/C18H20N4O2S2/c23-15-13-8-4-5-9-14(13)16(24)22(15)10-11-25-18-21-20-17(26-18)19-12-6-2-1-3-7-12/h4-5,8-9,12H,1-3,6-7,10-11H2,(H,19,20). The zero-order chi connectivity index (χ0) is 17.9. The van der Waals surface area contributed by atoms with Crippen LogP contribution in [-0.2, 0) is 0 Å². The van der Waals surface area contributed by atoms with Gasteiger partial charge in [0, 0.05) is 18.3 Å². The largest absolute Gasteiger partial charge is 0.357 e. The molecule has 8 heteroatoms. The van der Waals surface area contributed by atoms with E-state index in [4.69, 9.17) is 0 Å². The minimum absolute atomic E-state index is 0.205. The van der Waals surface area contributed by atoms with Gasteiger partial charge < -0.3 is 5.32 Å². The van der Waals surface area contributed by atoms with Crippen LogP contribution in [0.1, 0.15) is 52.8 Å². The van der Waals surface area contributed by atoms with E-state index in [1.807, 2.05) is 0 Å². The molecule has 0 unspecified atom stereocenters. The number of fused-ring (bicyclic) bond motifs is 1. The number of nitrogens with zero attached hydrogens (tertiary/aromatic N) is 3. The molecule has 0 bridgehead atoms. The van der Waals surface area contributed by atoms with Gasteiger partial charge in [-0.1, -0.05) is 54.5 Å². The number of carbonyl (C=O) groups excluding carboxylic acids is 2. The Morgan fingerprint density at radius 3 is 2.46 bits per heavy atom. The van der Waals surface area contributed by atoms with Crippen LogP contribution in [0.15, 0.2) is 28.6 Å². The lowest BCUT2D eigenvalue weighted by atomic mass is 9.96. The molecule has 2 amide bonds. The molecule has 1 aliphatic heterocycles. The highest BCUT2D eigenvalue weighted by atomic mass is 32.2. The number of amides is 2. The molecular formula is C18H20N4O2S2. The van der Waals surface area contributed by atoms with Crippen LogP contribution >= 0.6 is 23.1 Å². The van der Waals surface area contributed by atoms with Gasteiger partial charge in [0.25, 0.3) is 11.8 Å². The summed E-state index contributed by atoms with van der Waals surface area (Å²) in [5, 5.41) is 12.7. The summed E-state index contributed by atoms with van der Waals surface area (Å²) < 4.78 is 0.861. The Balaban J connectivity index is 1.29. The van der Waals surface area contributed by atoms with Crippen LogP contribution in [0.25, 0.3) is 0 Å². The van der Waals surface area contributed by atoms with Crippen LogP contribution in [0.3, 0.4) is 0 Å². The summed E-state index contributed by atoms with van der Waals surface area (Å²) in [6.07, 6.45) is 6.27. The van der Waals surface area contributed by atoms with Crippen LogP contribution in [-0.4, -0.2) is 45.3 Å². The maximum Gasteiger partial charge on any atom is 0.261 e. The van der Waals surface area contributed by atoms with Gasteiger partial charge in [-0.2, -0.15) is 0 Å². The molecule has 6 nitrogen and oxygen atoms in total. The van der Waals surface area contributed by atoms with Gasteiger partial charge in [0.1, 0.15) is 0 Å². The Kier molecular flexibility index (Phi) is 5.21. The molecule has 0 spiro atoms. The van der Waals surface area contributed by atoms with Crippen molar-refractivity contribution in [3.8, 4) is 0 Å². The third kappa shape index (κ3) is 3.61. The van der Waals surface area contributed by atoms with E-state index in [0.717, 1.165) is 9.47 Å². The molecule has 2 aromatic rings. The molecule has 0 saturated heterocycles. The average Bonchev–Trinajstić information content (AvgIpc) is 3.21. The van der Waals surface area contributed by atoms with Gasteiger partial charge in [-0.15, -0.1) is 10.2 Å². The number of anilines is 1. The fraction of sp³-hybridized carbons (Fsp3) is 0.444. The summed E-state index contributed by atoms with van der Waals surface area (Å²) in [6, 6.07) is 7.48. The molecule has 26 heavy (non-hydrogen) atoms.